The largest absolute Gasteiger partial charge is 0.383 e. The molecule has 0 atom stereocenters. The third-order valence-corrected chi connectivity index (χ3v) is 2.55. The van der Waals surface area contributed by atoms with E-state index in [0.29, 0.717) is 11.5 Å². The van der Waals surface area contributed by atoms with Crippen molar-refractivity contribution in [2.24, 2.45) is 0 Å². The van der Waals surface area contributed by atoms with Gasteiger partial charge in [0.05, 0.1) is 5.69 Å². The van der Waals surface area contributed by atoms with Gasteiger partial charge in [-0.1, -0.05) is 6.07 Å². The van der Waals surface area contributed by atoms with Crippen molar-refractivity contribution in [3.05, 3.63) is 30.1 Å². The van der Waals surface area contributed by atoms with Crippen molar-refractivity contribution in [1.29, 1.82) is 0 Å². The number of benzene rings is 1. The topological polar surface area (TPSA) is 72.7 Å². The van der Waals surface area contributed by atoms with Crippen LogP contribution in [0.4, 0.5) is 23.2 Å². The number of hydrogen-bond acceptors (Lipinski definition) is 4. The summed E-state index contributed by atoms with van der Waals surface area (Å²) in [5.41, 5.74) is 0.309. The quantitative estimate of drug-likeness (QED) is 0.874. The van der Waals surface area contributed by atoms with Crippen LogP contribution in [0.3, 0.4) is 0 Å². The standard InChI is InChI=1S/C11H9F4N5O/c1-6-17-18-19-20(6)8-4-2-3-7(5-8)16-10(21)11(14,15)9(12)13/h2-5,9H,1H3,(H,16,21). The van der Waals surface area contributed by atoms with Crippen molar-refractivity contribution in [3.8, 4) is 5.69 Å². The molecule has 1 amide bonds. The summed E-state index contributed by atoms with van der Waals surface area (Å²) < 4.78 is 51.2. The van der Waals surface area contributed by atoms with Gasteiger partial charge in [0.1, 0.15) is 0 Å². The van der Waals surface area contributed by atoms with E-state index in [-0.39, 0.29) is 5.69 Å². The fraction of sp³-hybridized carbons (Fsp3) is 0.273. The van der Waals surface area contributed by atoms with E-state index < -0.39 is 18.3 Å². The zero-order valence-corrected chi connectivity index (χ0v) is 10.6. The number of tetrazole rings is 1. The Kier molecular flexibility index (Phi) is 3.87. The molecule has 1 aromatic carbocycles. The number of nitrogens with one attached hydrogen (secondary N) is 1. The number of hydrogen-bond donors (Lipinski definition) is 1. The summed E-state index contributed by atoms with van der Waals surface area (Å²) in [6, 6.07) is 5.56. The van der Waals surface area contributed by atoms with Crippen molar-refractivity contribution >= 4 is 11.6 Å². The van der Waals surface area contributed by atoms with E-state index >= 15 is 0 Å². The molecule has 10 heteroatoms. The Hall–Kier alpha value is -2.52. The van der Waals surface area contributed by atoms with Crippen LogP contribution < -0.4 is 5.32 Å². The van der Waals surface area contributed by atoms with Gasteiger partial charge >= 0.3 is 18.3 Å². The third kappa shape index (κ3) is 2.98. The molecule has 6 nitrogen and oxygen atoms in total. The summed E-state index contributed by atoms with van der Waals surface area (Å²) in [5, 5.41) is 12.4. The summed E-state index contributed by atoms with van der Waals surface area (Å²) in [7, 11) is 0. The number of aromatic nitrogens is 4. The molecule has 0 saturated heterocycles. The van der Waals surface area contributed by atoms with Crippen LogP contribution in [-0.2, 0) is 4.79 Å². The zero-order valence-electron chi connectivity index (χ0n) is 10.6. The number of nitrogens with zero attached hydrogens (tertiary/aromatic N) is 4. The molecule has 0 unspecified atom stereocenters. The Morgan fingerprint density at radius 1 is 1.38 bits per heavy atom. The van der Waals surface area contributed by atoms with Crippen LogP contribution in [0, 0.1) is 6.92 Å². The molecule has 0 bridgehead atoms. The first-order chi connectivity index (χ1) is 9.82. The monoisotopic (exact) mass is 303 g/mol. The van der Waals surface area contributed by atoms with Gasteiger partial charge in [0.2, 0.25) is 0 Å². The van der Waals surface area contributed by atoms with E-state index in [1.54, 1.807) is 18.3 Å². The van der Waals surface area contributed by atoms with Gasteiger partial charge in [-0.15, -0.1) is 5.10 Å². The molecule has 0 spiro atoms. The molecule has 112 valence electrons. The van der Waals surface area contributed by atoms with E-state index in [1.165, 1.54) is 22.9 Å². The van der Waals surface area contributed by atoms with Crippen molar-refractivity contribution in [2.75, 3.05) is 5.32 Å². The predicted octanol–water partition coefficient (Wildman–Crippen LogP) is 1.81. The van der Waals surface area contributed by atoms with Gasteiger partial charge in [0.15, 0.2) is 5.82 Å². The van der Waals surface area contributed by atoms with E-state index in [4.69, 9.17) is 0 Å². The number of carbonyl (C=O) groups is 1. The lowest BCUT2D eigenvalue weighted by atomic mass is 10.2. The number of aryl methyl sites for hydroxylation is 1. The van der Waals surface area contributed by atoms with E-state index in [9.17, 15) is 22.4 Å². The van der Waals surface area contributed by atoms with E-state index in [0.717, 1.165) is 0 Å². The van der Waals surface area contributed by atoms with Crippen LogP contribution in [0.25, 0.3) is 5.69 Å². The maximum Gasteiger partial charge on any atom is 0.383 e. The van der Waals surface area contributed by atoms with Gasteiger partial charge in [-0.2, -0.15) is 13.5 Å². The van der Waals surface area contributed by atoms with Gasteiger partial charge < -0.3 is 5.32 Å². The highest BCUT2D eigenvalue weighted by atomic mass is 19.3. The van der Waals surface area contributed by atoms with Crippen LogP contribution in [0.2, 0.25) is 0 Å². The summed E-state index contributed by atoms with van der Waals surface area (Å²) in [4.78, 5) is 11.2. The molecule has 2 rings (SSSR count). The van der Waals surface area contributed by atoms with Crippen LogP contribution in [-0.4, -0.2) is 38.5 Å². The summed E-state index contributed by atoms with van der Waals surface area (Å²) in [5.74, 6) is -6.42. The van der Waals surface area contributed by atoms with Gasteiger partial charge in [-0.05, 0) is 35.5 Å². The van der Waals surface area contributed by atoms with Crippen LogP contribution in [0.5, 0.6) is 0 Å². The lowest BCUT2D eigenvalue weighted by Gasteiger charge is -2.15. The molecular formula is C11H9F4N5O. The first kappa shape index (κ1) is 14.9. The summed E-state index contributed by atoms with van der Waals surface area (Å²) >= 11 is 0. The normalized spacial score (nSPS) is 11.7. The first-order valence-electron chi connectivity index (χ1n) is 5.65. The molecule has 0 fully saturated rings. The first-order valence-corrected chi connectivity index (χ1v) is 5.65. The molecule has 0 aliphatic rings. The van der Waals surface area contributed by atoms with Gasteiger partial charge in [0.25, 0.3) is 0 Å². The second-order valence-corrected chi connectivity index (χ2v) is 4.07. The zero-order chi connectivity index (χ0) is 15.6. The van der Waals surface area contributed by atoms with E-state index in [2.05, 4.69) is 15.5 Å². The fourth-order valence-electron chi connectivity index (χ4n) is 1.50. The van der Waals surface area contributed by atoms with Crippen molar-refractivity contribution in [2.45, 2.75) is 19.3 Å². The number of rotatable bonds is 4. The predicted molar refractivity (Wildman–Crippen MR) is 63.5 cm³/mol. The molecule has 0 saturated carbocycles. The summed E-state index contributed by atoms with van der Waals surface area (Å²) in [6.07, 6.45) is -4.08. The molecule has 21 heavy (non-hydrogen) atoms. The average Bonchev–Trinajstić information content (AvgIpc) is 2.85. The molecule has 0 radical (unpaired) electrons. The van der Waals surface area contributed by atoms with Crippen LogP contribution in [0.15, 0.2) is 24.3 Å². The third-order valence-electron chi connectivity index (χ3n) is 2.55. The second kappa shape index (κ2) is 5.46. The Labute approximate surface area is 115 Å². The van der Waals surface area contributed by atoms with E-state index in [1.807, 2.05) is 0 Å². The van der Waals surface area contributed by atoms with Crippen LogP contribution >= 0.6 is 0 Å². The lowest BCUT2D eigenvalue weighted by molar-refractivity contribution is -0.163. The molecule has 0 aliphatic carbocycles. The molecule has 1 N–H and O–H groups in total. The van der Waals surface area contributed by atoms with Gasteiger partial charge in [-0.3, -0.25) is 4.79 Å². The Morgan fingerprint density at radius 3 is 2.67 bits per heavy atom. The maximum atomic E-state index is 12.9. The minimum Gasteiger partial charge on any atom is -0.321 e. The highest BCUT2D eigenvalue weighted by Crippen LogP contribution is 2.25. The minimum atomic E-state index is -4.76. The number of halogens is 4. The number of amides is 1. The minimum absolute atomic E-state index is 0.0762. The number of anilines is 1. The molecule has 2 aromatic rings. The Balaban J connectivity index is 2.23. The number of carbonyl (C=O) groups excluding carboxylic acids is 1. The molecular weight excluding hydrogens is 294 g/mol. The highest BCUT2D eigenvalue weighted by molar-refractivity contribution is 5.96. The second-order valence-electron chi connectivity index (χ2n) is 4.07. The lowest BCUT2D eigenvalue weighted by Crippen LogP contribution is -2.40. The highest BCUT2D eigenvalue weighted by Gasteiger charge is 2.48. The van der Waals surface area contributed by atoms with Crippen molar-refractivity contribution in [1.82, 2.24) is 20.2 Å². The van der Waals surface area contributed by atoms with Crippen LogP contribution in [0.1, 0.15) is 5.82 Å². The molecule has 1 heterocycles. The maximum absolute atomic E-state index is 12.9. The smallest absolute Gasteiger partial charge is 0.321 e. The van der Waals surface area contributed by atoms with Gasteiger partial charge in [-0.25, -0.2) is 8.78 Å². The SMILES string of the molecule is Cc1nnnn1-c1cccc(NC(=O)C(F)(F)C(F)F)c1. The average molecular weight is 303 g/mol. The molecule has 0 aliphatic heterocycles. The Morgan fingerprint density at radius 2 is 2.10 bits per heavy atom. The van der Waals surface area contributed by atoms with Crippen molar-refractivity contribution in [3.63, 3.8) is 0 Å². The summed E-state index contributed by atoms with van der Waals surface area (Å²) in [6.45, 7) is 1.61. The van der Waals surface area contributed by atoms with Crippen molar-refractivity contribution < 1.29 is 22.4 Å². The van der Waals surface area contributed by atoms with Gasteiger partial charge in [0, 0.05) is 5.69 Å². The number of alkyl halides is 4. The Bertz CT molecular complexity index is 658. The molecule has 1 aromatic heterocycles. The fourth-order valence-corrected chi connectivity index (χ4v) is 1.50.